The van der Waals surface area contributed by atoms with Crippen LogP contribution in [0.5, 0.6) is 0 Å². The standard InChI is InChI=1S/C10H14N2O5/c13-5-3-7(10(16)17)12(4-5)9(15)6-1-2-8(14)11-6/h5-7,13H,1-4H2,(H,11,14)(H,16,17). The highest BCUT2D eigenvalue weighted by Crippen LogP contribution is 2.21. The molecule has 7 nitrogen and oxygen atoms in total. The van der Waals surface area contributed by atoms with Crippen LogP contribution in [0.15, 0.2) is 0 Å². The predicted octanol–water partition coefficient (Wildman–Crippen LogP) is -1.69. The van der Waals surface area contributed by atoms with E-state index >= 15 is 0 Å². The van der Waals surface area contributed by atoms with E-state index in [1.54, 1.807) is 0 Å². The number of nitrogens with one attached hydrogen (secondary N) is 1. The smallest absolute Gasteiger partial charge is 0.326 e. The Balaban J connectivity index is 2.07. The number of carboxylic acid groups (broad SMARTS) is 1. The van der Waals surface area contributed by atoms with Gasteiger partial charge in [0.1, 0.15) is 12.1 Å². The van der Waals surface area contributed by atoms with Gasteiger partial charge in [0, 0.05) is 19.4 Å². The number of likely N-dealkylation sites (tertiary alicyclic amines) is 1. The fourth-order valence-electron chi connectivity index (χ4n) is 2.29. The number of hydrogen-bond donors (Lipinski definition) is 3. The van der Waals surface area contributed by atoms with Crippen molar-refractivity contribution in [3.05, 3.63) is 0 Å². The molecule has 0 radical (unpaired) electrons. The van der Waals surface area contributed by atoms with Gasteiger partial charge in [0.15, 0.2) is 0 Å². The van der Waals surface area contributed by atoms with E-state index in [0.717, 1.165) is 4.90 Å². The molecule has 0 aromatic rings. The first-order chi connectivity index (χ1) is 7.99. The first kappa shape index (κ1) is 11.8. The van der Waals surface area contributed by atoms with Crippen molar-refractivity contribution in [2.75, 3.05) is 6.54 Å². The molecule has 0 bridgehead atoms. The fraction of sp³-hybridized carbons (Fsp3) is 0.700. The first-order valence-corrected chi connectivity index (χ1v) is 5.49. The summed E-state index contributed by atoms with van der Waals surface area (Å²) >= 11 is 0. The van der Waals surface area contributed by atoms with Gasteiger partial charge in [0.05, 0.1) is 6.10 Å². The maximum Gasteiger partial charge on any atom is 0.326 e. The molecule has 2 aliphatic rings. The van der Waals surface area contributed by atoms with Crippen LogP contribution in [-0.4, -0.2) is 57.6 Å². The molecule has 2 saturated heterocycles. The van der Waals surface area contributed by atoms with E-state index < -0.39 is 30.1 Å². The van der Waals surface area contributed by atoms with Crippen LogP contribution in [0.25, 0.3) is 0 Å². The SMILES string of the molecule is O=C1CCC(C(=O)N2CC(O)CC2C(=O)O)N1. The number of carboxylic acids is 1. The number of amides is 2. The quantitative estimate of drug-likeness (QED) is 0.535. The van der Waals surface area contributed by atoms with Gasteiger partial charge in [-0.05, 0) is 6.42 Å². The molecule has 3 atom stereocenters. The summed E-state index contributed by atoms with van der Waals surface area (Å²) in [7, 11) is 0. The van der Waals surface area contributed by atoms with Crippen LogP contribution in [0.2, 0.25) is 0 Å². The van der Waals surface area contributed by atoms with Gasteiger partial charge in [-0.1, -0.05) is 0 Å². The van der Waals surface area contributed by atoms with Crippen molar-refractivity contribution < 1.29 is 24.6 Å². The molecule has 0 aromatic heterocycles. The first-order valence-electron chi connectivity index (χ1n) is 5.49. The molecule has 2 rings (SSSR count). The lowest BCUT2D eigenvalue weighted by molar-refractivity contribution is -0.149. The van der Waals surface area contributed by atoms with Gasteiger partial charge in [-0.15, -0.1) is 0 Å². The Morgan fingerprint density at radius 2 is 2.12 bits per heavy atom. The summed E-state index contributed by atoms with van der Waals surface area (Å²) in [5.74, 6) is -1.74. The van der Waals surface area contributed by atoms with Crippen LogP contribution in [0.1, 0.15) is 19.3 Å². The minimum Gasteiger partial charge on any atom is -0.480 e. The molecule has 0 saturated carbocycles. The Kier molecular flexibility index (Phi) is 3.01. The van der Waals surface area contributed by atoms with E-state index in [4.69, 9.17) is 5.11 Å². The van der Waals surface area contributed by atoms with Crippen molar-refractivity contribution in [1.29, 1.82) is 0 Å². The van der Waals surface area contributed by atoms with Gasteiger partial charge in [-0.2, -0.15) is 0 Å². The molecular weight excluding hydrogens is 228 g/mol. The van der Waals surface area contributed by atoms with E-state index in [2.05, 4.69) is 5.32 Å². The summed E-state index contributed by atoms with van der Waals surface area (Å²) in [5.41, 5.74) is 0. The Morgan fingerprint density at radius 3 is 2.65 bits per heavy atom. The topological polar surface area (TPSA) is 107 Å². The van der Waals surface area contributed by atoms with Crippen LogP contribution >= 0.6 is 0 Å². The maximum absolute atomic E-state index is 12.0. The van der Waals surface area contributed by atoms with E-state index in [1.807, 2.05) is 0 Å². The molecule has 17 heavy (non-hydrogen) atoms. The third kappa shape index (κ3) is 2.23. The molecule has 2 fully saturated rings. The fourth-order valence-corrected chi connectivity index (χ4v) is 2.29. The molecule has 94 valence electrons. The summed E-state index contributed by atoms with van der Waals surface area (Å²) in [5, 5.41) is 20.9. The summed E-state index contributed by atoms with van der Waals surface area (Å²) in [6, 6.07) is -1.63. The van der Waals surface area contributed by atoms with Crippen molar-refractivity contribution in [3.63, 3.8) is 0 Å². The normalized spacial score (nSPS) is 32.6. The Labute approximate surface area is 97.4 Å². The van der Waals surface area contributed by atoms with Crippen molar-refractivity contribution >= 4 is 17.8 Å². The van der Waals surface area contributed by atoms with Crippen molar-refractivity contribution in [2.24, 2.45) is 0 Å². The highest BCUT2D eigenvalue weighted by Gasteiger charge is 2.42. The monoisotopic (exact) mass is 242 g/mol. The van der Waals surface area contributed by atoms with Crippen LogP contribution in [0, 0.1) is 0 Å². The second kappa shape index (κ2) is 4.33. The van der Waals surface area contributed by atoms with Crippen molar-refractivity contribution in [3.8, 4) is 0 Å². The predicted molar refractivity (Wildman–Crippen MR) is 54.9 cm³/mol. The highest BCUT2D eigenvalue weighted by atomic mass is 16.4. The molecule has 7 heteroatoms. The summed E-state index contributed by atoms with van der Waals surface area (Å²) in [6.07, 6.45) is -0.0970. The van der Waals surface area contributed by atoms with Gasteiger partial charge in [0.25, 0.3) is 0 Å². The van der Waals surface area contributed by atoms with Gasteiger partial charge < -0.3 is 20.4 Å². The highest BCUT2D eigenvalue weighted by molar-refractivity contribution is 5.93. The molecule has 0 spiro atoms. The van der Waals surface area contributed by atoms with Gasteiger partial charge in [-0.25, -0.2) is 4.79 Å². The van der Waals surface area contributed by atoms with E-state index in [0.29, 0.717) is 6.42 Å². The van der Waals surface area contributed by atoms with E-state index in [1.165, 1.54) is 0 Å². The molecule has 2 aliphatic heterocycles. The number of nitrogens with zero attached hydrogens (tertiary/aromatic N) is 1. The maximum atomic E-state index is 12.0. The molecular formula is C10H14N2O5. The summed E-state index contributed by atoms with van der Waals surface area (Å²) in [4.78, 5) is 35.1. The lowest BCUT2D eigenvalue weighted by Crippen LogP contribution is -2.49. The minimum absolute atomic E-state index is 0.0160. The molecule has 2 heterocycles. The van der Waals surface area contributed by atoms with E-state index in [-0.39, 0.29) is 25.3 Å². The van der Waals surface area contributed by atoms with Crippen molar-refractivity contribution in [2.45, 2.75) is 37.5 Å². The van der Waals surface area contributed by atoms with Crippen LogP contribution in [-0.2, 0) is 14.4 Å². The number of carbonyl (C=O) groups is 3. The summed E-state index contributed by atoms with van der Waals surface area (Å²) < 4.78 is 0. The number of hydrogen-bond acceptors (Lipinski definition) is 4. The second-order valence-corrected chi connectivity index (χ2v) is 4.39. The lowest BCUT2D eigenvalue weighted by atomic mass is 10.1. The molecule has 0 aliphatic carbocycles. The third-order valence-electron chi connectivity index (χ3n) is 3.14. The molecule has 0 aromatic carbocycles. The van der Waals surface area contributed by atoms with Gasteiger partial charge >= 0.3 is 5.97 Å². The third-order valence-corrected chi connectivity index (χ3v) is 3.14. The average Bonchev–Trinajstić information content (AvgIpc) is 2.83. The van der Waals surface area contributed by atoms with E-state index in [9.17, 15) is 19.5 Å². The number of rotatable bonds is 2. The number of aliphatic carboxylic acids is 1. The number of carbonyl (C=O) groups excluding carboxylic acids is 2. The van der Waals surface area contributed by atoms with Crippen LogP contribution in [0.3, 0.4) is 0 Å². The number of β-amino-alcohol motifs (C(OH)–C–C–N with tert-alkyl or cyclic N) is 1. The molecule has 3 N–H and O–H groups in total. The van der Waals surface area contributed by atoms with Crippen LogP contribution in [0.4, 0.5) is 0 Å². The Hall–Kier alpha value is -1.63. The summed E-state index contributed by atoms with van der Waals surface area (Å²) in [6.45, 7) is 0.0160. The number of aliphatic hydroxyl groups excluding tert-OH is 1. The average molecular weight is 242 g/mol. The Bertz CT molecular complexity index is 370. The zero-order valence-electron chi connectivity index (χ0n) is 9.13. The minimum atomic E-state index is -1.13. The lowest BCUT2D eigenvalue weighted by Gasteiger charge is -2.24. The zero-order chi connectivity index (χ0) is 12.6. The van der Waals surface area contributed by atoms with Gasteiger partial charge in [-0.3, -0.25) is 9.59 Å². The van der Waals surface area contributed by atoms with Gasteiger partial charge in [0.2, 0.25) is 11.8 Å². The Morgan fingerprint density at radius 1 is 1.41 bits per heavy atom. The zero-order valence-corrected chi connectivity index (χ0v) is 9.13. The molecule has 3 unspecified atom stereocenters. The van der Waals surface area contributed by atoms with Crippen molar-refractivity contribution in [1.82, 2.24) is 10.2 Å². The molecule has 2 amide bonds. The second-order valence-electron chi connectivity index (χ2n) is 4.39. The largest absolute Gasteiger partial charge is 0.480 e. The number of aliphatic hydroxyl groups is 1. The van der Waals surface area contributed by atoms with Crippen LogP contribution < -0.4 is 5.32 Å².